The number of nitriles is 1. The fourth-order valence-corrected chi connectivity index (χ4v) is 3.23. The van der Waals surface area contributed by atoms with Gasteiger partial charge in [-0.05, 0) is 25.2 Å². The SMILES string of the molecule is CC1CCCN(S(=O)(=O)NCCCC#N)C1. The Balaban J connectivity index is 2.41. The first-order valence-electron chi connectivity index (χ1n) is 5.68. The Morgan fingerprint density at radius 3 is 2.94 bits per heavy atom. The van der Waals surface area contributed by atoms with Crippen molar-refractivity contribution in [3.8, 4) is 6.07 Å². The van der Waals surface area contributed by atoms with Crippen LogP contribution in [-0.2, 0) is 10.2 Å². The second kappa shape index (κ2) is 6.18. The highest BCUT2D eigenvalue weighted by molar-refractivity contribution is 7.87. The van der Waals surface area contributed by atoms with Gasteiger partial charge < -0.3 is 0 Å². The molecule has 1 rings (SSSR count). The first-order chi connectivity index (χ1) is 7.56. The molecule has 1 unspecified atom stereocenters. The van der Waals surface area contributed by atoms with Gasteiger partial charge in [-0.25, -0.2) is 4.72 Å². The molecule has 92 valence electrons. The van der Waals surface area contributed by atoms with Gasteiger partial charge in [0.25, 0.3) is 10.2 Å². The van der Waals surface area contributed by atoms with Gasteiger partial charge in [0, 0.05) is 26.1 Å². The van der Waals surface area contributed by atoms with E-state index in [4.69, 9.17) is 5.26 Å². The fraction of sp³-hybridized carbons (Fsp3) is 0.900. The van der Waals surface area contributed by atoms with Crippen LogP contribution in [0.5, 0.6) is 0 Å². The van der Waals surface area contributed by atoms with Crippen molar-refractivity contribution in [3.05, 3.63) is 0 Å². The van der Waals surface area contributed by atoms with Crippen LogP contribution in [-0.4, -0.2) is 32.4 Å². The van der Waals surface area contributed by atoms with E-state index in [1.165, 1.54) is 4.31 Å². The molecule has 1 aliphatic heterocycles. The second-order valence-electron chi connectivity index (χ2n) is 4.27. The average Bonchev–Trinajstić information content (AvgIpc) is 2.24. The van der Waals surface area contributed by atoms with E-state index in [0.29, 0.717) is 38.4 Å². The highest BCUT2D eigenvalue weighted by Gasteiger charge is 2.26. The van der Waals surface area contributed by atoms with E-state index in [2.05, 4.69) is 11.6 Å². The van der Waals surface area contributed by atoms with Crippen LogP contribution in [0.3, 0.4) is 0 Å². The zero-order valence-electron chi connectivity index (χ0n) is 9.65. The van der Waals surface area contributed by atoms with Crippen LogP contribution < -0.4 is 4.72 Å². The molecule has 0 radical (unpaired) electrons. The molecule has 0 saturated carbocycles. The van der Waals surface area contributed by atoms with E-state index in [-0.39, 0.29) is 0 Å². The monoisotopic (exact) mass is 245 g/mol. The molecule has 0 spiro atoms. The van der Waals surface area contributed by atoms with Crippen molar-refractivity contribution in [1.82, 2.24) is 9.03 Å². The van der Waals surface area contributed by atoms with Gasteiger partial charge in [-0.15, -0.1) is 0 Å². The number of hydrogen-bond acceptors (Lipinski definition) is 3. The fourth-order valence-electron chi connectivity index (χ4n) is 1.82. The van der Waals surface area contributed by atoms with E-state index >= 15 is 0 Å². The first-order valence-corrected chi connectivity index (χ1v) is 7.12. The third-order valence-electron chi connectivity index (χ3n) is 2.71. The van der Waals surface area contributed by atoms with Crippen molar-refractivity contribution >= 4 is 10.2 Å². The zero-order chi connectivity index (χ0) is 12.0. The summed E-state index contributed by atoms with van der Waals surface area (Å²) in [6.45, 7) is 3.63. The highest BCUT2D eigenvalue weighted by atomic mass is 32.2. The molecule has 0 bridgehead atoms. The number of hydrogen-bond donors (Lipinski definition) is 1. The smallest absolute Gasteiger partial charge is 0.202 e. The van der Waals surface area contributed by atoms with E-state index in [1.807, 2.05) is 6.07 Å². The van der Waals surface area contributed by atoms with Gasteiger partial charge in [0.1, 0.15) is 0 Å². The maximum Gasteiger partial charge on any atom is 0.279 e. The molecule has 0 aromatic rings. The van der Waals surface area contributed by atoms with Crippen LogP contribution in [0.4, 0.5) is 0 Å². The van der Waals surface area contributed by atoms with Crippen LogP contribution in [0.1, 0.15) is 32.6 Å². The maximum absolute atomic E-state index is 11.8. The molecule has 1 fully saturated rings. The largest absolute Gasteiger partial charge is 0.279 e. The Morgan fingerprint density at radius 1 is 1.56 bits per heavy atom. The Morgan fingerprint density at radius 2 is 2.31 bits per heavy atom. The molecule has 1 atom stereocenters. The van der Waals surface area contributed by atoms with Gasteiger partial charge in [0.15, 0.2) is 0 Å². The van der Waals surface area contributed by atoms with Crippen molar-refractivity contribution in [2.24, 2.45) is 5.92 Å². The summed E-state index contributed by atoms with van der Waals surface area (Å²) in [6, 6.07) is 1.99. The van der Waals surface area contributed by atoms with Crippen LogP contribution in [0.2, 0.25) is 0 Å². The third-order valence-corrected chi connectivity index (χ3v) is 4.29. The molecule has 0 amide bonds. The Labute approximate surface area is 97.6 Å². The standard InChI is InChI=1S/C10H19N3O2S/c1-10-5-4-8-13(9-10)16(14,15)12-7-3-2-6-11/h10,12H,2-5,7-9H2,1H3. The van der Waals surface area contributed by atoms with Gasteiger partial charge in [-0.3, -0.25) is 0 Å². The van der Waals surface area contributed by atoms with Crippen molar-refractivity contribution in [1.29, 1.82) is 5.26 Å². The van der Waals surface area contributed by atoms with Crippen LogP contribution in [0.15, 0.2) is 0 Å². The number of nitrogens with one attached hydrogen (secondary N) is 1. The van der Waals surface area contributed by atoms with Crippen LogP contribution in [0, 0.1) is 17.2 Å². The lowest BCUT2D eigenvalue weighted by atomic mass is 10.0. The summed E-state index contributed by atoms with van der Waals surface area (Å²) < 4.78 is 27.7. The molecule has 1 N–H and O–H groups in total. The zero-order valence-corrected chi connectivity index (χ0v) is 10.5. The van der Waals surface area contributed by atoms with Gasteiger partial charge in [-0.2, -0.15) is 18.0 Å². The van der Waals surface area contributed by atoms with E-state index in [9.17, 15) is 8.42 Å². The Bertz CT molecular complexity index is 348. The minimum absolute atomic E-state index is 0.348. The number of piperidine rings is 1. The maximum atomic E-state index is 11.8. The molecule has 0 aliphatic carbocycles. The van der Waals surface area contributed by atoms with Crippen molar-refractivity contribution in [3.63, 3.8) is 0 Å². The van der Waals surface area contributed by atoms with Crippen molar-refractivity contribution in [2.45, 2.75) is 32.6 Å². The quantitative estimate of drug-likeness (QED) is 0.730. The summed E-state index contributed by atoms with van der Waals surface area (Å²) in [5.74, 6) is 0.435. The molecular formula is C10H19N3O2S. The molecule has 0 aromatic carbocycles. The third kappa shape index (κ3) is 4.08. The molecule has 16 heavy (non-hydrogen) atoms. The van der Waals surface area contributed by atoms with Crippen LogP contribution in [0.25, 0.3) is 0 Å². The molecule has 0 aromatic heterocycles. The van der Waals surface area contributed by atoms with Gasteiger partial charge in [-0.1, -0.05) is 6.92 Å². The normalized spacial score (nSPS) is 22.9. The lowest BCUT2D eigenvalue weighted by Gasteiger charge is -2.29. The Hall–Kier alpha value is -0.640. The molecule has 1 saturated heterocycles. The summed E-state index contributed by atoms with van der Waals surface area (Å²) in [5.41, 5.74) is 0. The lowest BCUT2D eigenvalue weighted by Crippen LogP contribution is -2.45. The average molecular weight is 245 g/mol. The summed E-state index contributed by atoms with van der Waals surface area (Å²) >= 11 is 0. The summed E-state index contributed by atoms with van der Waals surface area (Å²) in [7, 11) is -3.32. The lowest BCUT2D eigenvalue weighted by molar-refractivity contribution is 0.278. The number of nitrogens with zero attached hydrogens (tertiary/aromatic N) is 2. The van der Waals surface area contributed by atoms with Crippen molar-refractivity contribution in [2.75, 3.05) is 19.6 Å². The molecule has 5 nitrogen and oxygen atoms in total. The van der Waals surface area contributed by atoms with E-state index in [0.717, 1.165) is 12.8 Å². The summed E-state index contributed by atoms with van der Waals surface area (Å²) in [6.07, 6.45) is 2.98. The summed E-state index contributed by atoms with van der Waals surface area (Å²) in [4.78, 5) is 0. The molecule has 1 aliphatic rings. The highest BCUT2D eigenvalue weighted by Crippen LogP contribution is 2.17. The second-order valence-corrected chi connectivity index (χ2v) is 6.02. The summed E-state index contributed by atoms with van der Waals surface area (Å²) in [5, 5.41) is 8.34. The minimum atomic E-state index is -3.32. The van der Waals surface area contributed by atoms with Gasteiger partial charge in [0.05, 0.1) is 6.07 Å². The molecule has 6 heteroatoms. The molecule has 1 heterocycles. The van der Waals surface area contributed by atoms with E-state index in [1.54, 1.807) is 0 Å². The van der Waals surface area contributed by atoms with E-state index < -0.39 is 10.2 Å². The molecular weight excluding hydrogens is 226 g/mol. The van der Waals surface area contributed by atoms with Gasteiger partial charge >= 0.3 is 0 Å². The Kier molecular flexibility index (Phi) is 5.19. The van der Waals surface area contributed by atoms with Crippen LogP contribution >= 0.6 is 0 Å². The predicted octanol–water partition coefficient (Wildman–Crippen LogP) is 0.856. The predicted molar refractivity (Wildman–Crippen MR) is 61.7 cm³/mol. The topological polar surface area (TPSA) is 73.2 Å². The first kappa shape index (κ1) is 13.4. The van der Waals surface area contributed by atoms with Crippen molar-refractivity contribution < 1.29 is 8.42 Å². The number of rotatable bonds is 5. The number of unbranched alkanes of at least 4 members (excludes halogenated alkanes) is 1. The minimum Gasteiger partial charge on any atom is -0.202 e. The van der Waals surface area contributed by atoms with Gasteiger partial charge in [0.2, 0.25) is 0 Å².